The van der Waals surface area contributed by atoms with E-state index < -0.39 is 5.91 Å². The van der Waals surface area contributed by atoms with Crippen LogP contribution >= 0.6 is 11.6 Å². The molecule has 0 radical (unpaired) electrons. The summed E-state index contributed by atoms with van der Waals surface area (Å²) in [6, 6.07) is 5.81. The maximum Gasteiger partial charge on any atom is 0.237 e. The number of carbonyl (C=O) groups is 1. The van der Waals surface area contributed by atoms with E-state index in [1.165, 1.54) is 0 Å². The normalized spacial score (nSPS) is 12.9. The van der Waals surface area contributed by atoms with Crippen LogP contribution in [-0.4, -0.2) is 15.5 Å². The Morgan fingerprint density at radius 3 is 2.88 bits per heavy atom. The zero-order valence-corrected chi connectivity index (χ0v) is 10.5. The summed E-state index contributed by atoms with van der Waals surface area (Å²) in [7, 11) is 0. The first-order valence-corrected chi connectivity index (χ1v) is 5.82. The molecular formula is C12H14ClN3O. The van der Waals surface area contributed by atoms with E-state index in [0.29, 0.717) is 5.82 Å². The predicted molar refractivity (Wildman–Crippen MR) is 67.9 cm³/mol. The van der Waals surface area contributed by atoms with Gasteiger partial charge in [-0.3, -0.25) is 4.79 Å². The molecule has 2 aromatic rings. The van der Waals surface area contributed by atoms with Gasteiger partial charge in [0.1, 0.15) is 12.4 Å². The van der Waals surface area contributed by atoms with Gasteiger partial charge in [0.15, 0.2) is 0 Å². The number of para-hydroxylation sites is 1. The number of nitrogens with two attached hydrogens (primary N) is 1. The number of rotatable bonds is 3. The number of primary amides is 1. The Morgan fingerprint density at radius 2 is 2.29 bits per heavy atom. The molecule has 1 atom stereocenters. The van der Waals surface area contributed by atoms with E-state index in [1.807, 2.05) is 32.0 Å². The zero-order valence-electron chi connectivity index (χ0n) is 9.77. The van der Waals surface area contributed by atoms with E-state index in [-0.39, 0.29) is 11.9 Å². The molecule has 5 heteroatoms. The fourth-order valence-electron chi connectivity index (χ4n) is 2.00. The molecule has 0 spiro atoms. The summed E-state index contributed by atoms with van der Waals surface area (Å²) in [6.07, 6.45) is 0. The minimum atomic E-state index is -0.397. The molecule has 0 aliphatic rings. The molecule has 2 rings (SSSR count). The Bertz CT molecular complexity index is 574. The highest BCUT2D eigenvalue weighted by molar-refractivity contribution is 6.20. The number of carbonyl (C=O) groups excluding carboxylic acids is 1. The third kappa shape index (κ3) is 2.13. The minimum Gasteiger partial charge on any atom is -0.368 e. The van der Waals surface area contributed by atoms with Crippen LogP contribution in [-0.2, 0) is 11.3 Å². The lowest BCUT2D eigenvalue weighted by molar-refractivity contribution is -0.118. The summed E-state index contributed by atoms with van der Waals surface area (Å²) in [5.41, 5.74) is 8.08. The van der Waals surface area contributed by atoms with Crippen molar-refractivity contribution >= 4 is 28.5 Å². The number of amides is 1. The first kappa shape index (κ1) is 11.9. The van der Waals surface area contributed by atoms with Crippen molar-refractivity contribution in [2.24, 2.45) is 5.73 Å². The molecule has 0 saturated heterocycles. The summed E-state index contributed by atoms with van der Waals surface area (Å²) in [5.74, 6) is 0.279. The number of fused-ring (bicyclic) bond motifs is 1. The topological polar surface area (TPSA) is 60.9 Å². The van der Waals surface area contributed by atoms with E-state index in [9.17, 15) is 4.79 Å². The second kappa shape index (κ2) is 4.37. The monoisotopic (exact) mass is 251 g/mol. The molecule has 0 saturated carbocycles. The fourth-order valence-corrected chi connectivity index (χ4v) is 2.17. The van der Waals surface area contributed by atoms with Crippen LogP contribution < -0.4 is 5.73 Å². The summed E-state index contributed by atoms with van der Waals surface area (Å²) >= 11 is 6.08. The van der Waals surface area contributed by atoms with Gasteiger partial charge in [-0.1, -0.05) is 12.1 Å². The van der Waals surface area contributed by atoms with Crippen molar-refractivity contribution in [2.75, 3.05) is 0 Å². The Balaban J connectivity index is 2.73. The number of halogens is 1. The molecule has 0 aliphatic carbocycles. The smallest absolute Gasteiger partial charge is 0.237 e. The van der Waals surface area contributed by atoms with Crippen molar-refractivity contribution < 1.29 is 4.79 Å². The standard InChI is InChI=1S/C12H14ClN3O/c1-7-4-3-5-9-11(7)16(6-10(14)17)12(15-9)8(2)13/h3-5,8H,6H2,1-2H3,(H2,14,17). The maximum atomic E-state index is 11.1. The largest absolute Gasteiger partial charge is 0.368 e. The van der Waals surface area contributed by atoms with E-state index in [4.69, 9.17) is 17.3 Å². The van der Waals surface area contributed by atoms with Gasteiger partial charge in [-0.15, -0.1) is 11.6 Å². The summed E-state index contributed by atoms with van der Waals surface area (Å²) in [6.45, 7) is 3.91. The number of hydrogen-bond donors (Lipinski definition) is 1. The van der Waals surface area contributed by atoms with Crippen LogP contribution in [0.15, 0.2) is 18.2 Å². The highest BCUT2D eigenvalue weighted by Gasteiger charge is 2.17. The highest BCUT2D eigenvalue weighted by atomic mass is 35.5. The molecule has 4 nitrogen and oxygen atoms in total. The summed E-state index contributed by atoms with van der Waals surface area (Å²) in [4.78, 5) is 15.6. The number of aryl methyl sites for hydroxylation is 1. The van der Waals surface area contributed by atoms with Crippen LogP contribution in [0.25, 0.3) is 11.0 Å². The fraction of sp³-hybridized carbons (Fsp3) is 0.333. The van der Waals surface area contributed by atoms with Crippen LogP contribution in [0.1, 0.15) is 23.7 Å². The average molecular weight is 252 g/mol. The van der Waals surface area contributed by atoms with Crippen LogP contribution in [0.2, 0.25) is 0 Å². The molecule has 2 N–H and O–H groups in total. The minimum absolute atomic E-state index is 0.105. The molecule has 1 aromatic heterocycles. The molecule has 0 aliphatic heterocycles. The molecule has 90 valence electrons. The van der Waals surface area contributed by atoms with E-state index in [2.05, 4.69) is 4.98 Å². The number of benzene rings is 1. The Hall–Kier alpha value is -1.55. The number of imidazole rings is 1. The number of alkyl halides is 1. The molecule has 1 heterocycles. The maximum absolute atomic E-state index is 11.1. The number of aromatic nitrogens is 2. The Kier molecular flexibility index (Phi) is 3.07. The van der Waals surface area contributed by atoms with Crippen molar-refractivity contribution in [3.05, 3.63) is 29.6 Å². The number of nitrogens with zero attached hydrogens (tertiary/aromatic N) is 2. The second-order valence-corrected chi connectivity index (χ2v) is 4.74. The average Bonchev–Trinajstić information content (AvgIpc) is 2.57. The van der Waals surface area contributed by atoms with E-state index in [1.54, 1.807) is 4.57 Å². The SMILES string of the molecule is Cc1cccc2nc(C(C)Cl)n(CC(N)=O)c12. The van der Waals surface area contributed by atoms with Gasteiger partial charge in [0.2, 0.25) is 5.91 Å². The third-order valence-electron chi connectivity index (χ3n) is 2.67. The highest BCUT2D eigenvalue weighted by Crippen LogP contribution is 2.26. The lowest BCUT2D eigenvalue weighted by atomic mass is 10.2. The molecule has 17 heavy (non-hydrogen) atoms. The number of hydrogen-bond acceptors (Lipinski definition) is 2. The van der Waals surface area contributed by atoms with Gasteiger partial charge in [-0.25, -0.2) is 4.98 Å². The second-order valence-electron chi connectivity index (χ2n) is 4.08. The van der Waals surface area contributed by atoms with Gasteiger partial charge in [0.05, 0.1) is 16.4 Å². The third-order valence-corrected chi connectivity index (χ3v) is 2.86. The van der Waals surface area contributed by atoms with Crippen molar-refractivity contribution in [1.29, 1.82) is 0 Å². The molecule has 0 fully saturated rings. The molecule has 1 amide bonds. The lowest BCUT2D eigenvalue weighted by Gasteiger charge is -2.09. The first-order chi connectivity index (χ1) is 8.00. The summed E-state index contributed by atoms with van der Waals surface area (Å²) < 4.78 is 1.80. The van der Waals surface area contributed by atoms with Crippen LogP contribution in [0.3, 0.4) is 0 Å². The molecular weight excluding hydrogens is 238 g/mol. The summed E-state index contributed by atoms with van der Waals surface area (Å²) in [5, 5.41) is -0.263. The van der Waals surface area contributed by atoms with Crippen LogP contribution in [0.5, 0.6) is 0 Å². The Morgan fingerprint density at radius 1 is 1.59 bits per heavy atom. The molecule has 1 unspecified atom stereocenters. The van der Waals surface area contributed by atoms with Gasteiger partial charge in [0, 0.05) is 0 Å². The van der Waals surface area contributed by atoms with Gasteiger partial charge in [0.25, 0.3) is 0 Å². The van der Waals surface area contributed by atoms with E-state index >= 15 is 0 Å². The van der Waals surface area contributed by atoms with Gasteiger partial charge in [-0.2, -0.15) is 0 Å². The van der Waals surface area contributed by atoms with E-state index in [0.717, 1.165) is 16.6 Å². The quantitative estimate of drug-likeness (QED) is 0.850. The van der Waals surface area contributed by atoms with Gasteiger partial charge in [-0.05, 0) is 25.5 Å². The van der Waals surface area contributed by atoms with Crippen molar-refractivity contribution in [3.8, 4) is 0 Å². The van der Waals surface area contributed by atoms with Crippen molar-refractivity contribution in [2.45, 2.75) is 25.8 Å². The molecule has 0 bridgehead atoms. The zero-order chi connectivity index (χ0) is 12.6. The van der Waals surface area contributed by atoms with Crippen LogP contribution in [0.4, 0.5) is 0 Å². The van der Waals surface area contributed by atoms with Gasteiger partial charge < -0.3 is 10.3 Å². The van der Waals surface area contributed by atoms with Crippen LogP contribution in [0, 0.1) is 6.92 Å². The predicted octanol–water partition coefficient (Wildman–Crippen LogP) is 2.13. The lowest BCUT2D eigenvalue weighted by Crippen LogP contribution is -2.20. The molecule has 1 aromatic carbocycles. The van der Waals surface area contributed by atoms with Gasteiger partial charge >= 0.3 is 0 Å². The van der Waals surface area contributed by atoms with Crippen molar-refractivity contribution in [1.82, 2.24) is 9.55 Å². The van der Waals surface area contributed by atoms with Crippen molar-refractivity contribution in [3.63, 3.8) is 0 Å². The first-order valence-electron chi connectivity index (χ1n) is 5.39. The Labute approximate surface area is 104 Å².